The fraction of sp³-hybridized carbons (Fsp3) is 0.778. The van der Waals surface area contributed by atoms with Gasteiger partial charge in [-0.15, -0.1) is 11.8 Å². The van der Waals surface area contributed by atoms with Crippen LogP contribution < -0.4 is 0 Å². The molecule has 0 amide bonds. The molecule has 0 aromatic rings. The summed E-state index contributed by atoms with van der Waals surface area (Å²) in [5, 5.41) is 1.02. The van der Waals surface area contributed by atoms with Gasteiger partial charge in [-0.25, -0.2) is 0 Å². The maximum atomic E-state index is 5.54. The molecular formula is C9H17BrOS. The average molecular weight is 253 g/mol. The van der Waals surface area contributed by atoms with Crippen LogP contribution in [0.3, 0.4) is 0 Å². The molecule has 0 aliphatic heterocycles. The van der Waals surface area contributed by atoms with E-state index in [9.17, 15) is 0 Å². The van der Waals surface area contributed by atoms with Gasteiger partial charge in [-0.2, -0.15) is 0 Å². The monoisotopic (exact) mass is 252 g/mol. The van der Waals surface area contributed by atoms with E-state index in [0.717, 1.165) is 18.4 Å². The Kier molecular flexibility index (Phi) is 8.50. The Morgan fingerprint density at radius 3 is 2.83 bits per heavy atom. The van der Waals surface area contributed by atoms with Crippen molar-refractivity contribution in [3.63, 3.8) is 0 Å². The van der Waals surface area contributed by atoms with Crippen LogP contribution in [0.1, 0.15) is 20.3 Å². The lowest BCUT2D eigenvalue weighted by Gasteiger charge is -2.08. The van der Waals surface area contributed by atoms with Gasteiger partial charge in [0.25, 0.3) is 0 Å². The fourth-order valence-electron chi connectivity index (χ4n) is 0.770. The smallest absolute Gasteiger partial charge is 0.0738 e. The van der Waals surface area contributed by atoms with Crippen LogP contribution in [0, 0.1) is 0 Å². The molecule has 0 aromatic carbocycles. The number of thioether (sulfide) groups is 1. The van der Waals surface area contributed by atoms with Gasteiger partial charge >= 0.3 is 0 Å². The molecule has 0 saturated heterocycles. The lowest BCUT2D eigenvalue weighted by atomic mass is 10.3. The molecule has 1 unspecified atom stereocenters. The van der Waals surface area contributed by atoms with Gasteiger partial charge in [-0.05, 0) is 37.5 Å². The van der Waals surface area contributed by atoms with Gasteiger partial charge in [0, 0.05) is 11.9 Å². The SMILES string of the molecule is CS/C(C)=C/C(C)OCCCBr. The van der Waals surface area contributed by atoms with E-state index in [1.54, 1.807) is 11.8 Å². The topological polar surface area (TPSA) is 9.23 Å². The van der Waals surface area contributed by atoms with E-state index in [1.807, 2.05) is 0 Å². The highest BCUT2D eigenvalue weighted by molar-refractivity contribution is 9.09. The number of hydrogen-bond acceptors (Lipinski definition) is 2. The van der Waals surface area contributed by atoms with Crippen molar-refractivity contribution in [3.8, 4) is 0 Å². The van der Waals surface area contributed by atoms with E-state index in [-0.39, 0.29) is 6.10 Å². The summed E-state index contributed by atoms with van der Waals surface area (Å²) in [6.45, 7) is 5.02. The standard InChI is InChI=1S/C9H17BrOS/c1-8(7-9(2)12-3)11-6-4-5-10/h7-8H,4-6H2,1-3H3/b9-7+. The van der Waals surface area contributed by atoms with Crippen molar-refractivity contribution in [2.75, 3.05) is 18.2 Å². The minimum absolute atomic E-state index is 0.247. The molecule has 0 fully saturated rings. The molecule has 0 rings (SSSR count). The third kappa shape index (κ3) is 7.19. The number of halogens is 1. The third-order valence-corrected chi connectivity index (χ3v) is 2.79. The van der Waals surface area contributed by atoms with Gasteiger partial charge in [0.15, 0.2) is 0 Å². The third-order valence-electron chi connectivity index (χ3n) is 1.45. The van der Waals surface area contributed by atoms with Gasteiger partial charge in [0.1, 0.15) is 0 Å². The molecule has 0 radical (unpaired) electrons. The molecule has 0 N–H and O–H groups in total. The largest absolute Gasteiger partial charge is 0.374 e. The Balaban J connectivity index is 3.51. The summed E-state index contributed by atoms with van der Waals surface area (Å²) in [6, 6.07) is 0. The van der Waals surface area contributed by atoms with Crippen molar-refractivity contribution in [3.05, 3.63) is 11.0 Å². The molecular weight excluding hydrogens is 236 g/mol. The second-order valence-electron chi connectivity index (χ2n) is 2.60. The van der Waals surface area contributed by atoms with Crippen molar-refractivity contribution >= 4 is 27.7 Å². The summed E-state index contributed by atoms with van der Waals surface area (Å²) in [6.07, 6.45) is 5.56. The van der Waals surface area contributed by atoms with E-state index in [0.29, 0.717) is 0 Å². The van der Waals surface area contributed by atoms with Gasteiger partial charge in [-0.3, -0.25) is 0 Å². The maximum Gasteiger partial charge on any atom is 0.0738 e. The zero-order valence-corrected chi connectivity index (χ0v) is 10.4. The number of hydrogen-bond donors (Lipinski definition) is 0. The first kappa shape index (κ1) is 12.5. The Hall–Kier alpha value is 0.530. The van der Waals surface area contributed by atoms with Crippen LogP contribution in [0.25, 0.3) is 0 Å². The zero-order chi connectivity index (χ0) is 9.40. The van der Waals surface area contributed by atoms with Crippen molar-refractivity contribution in [1.82, 2.24) is 0 Å². The van der Waals surface area contributed by atoms with Crippen LogP contribution >= 0.6 is 27.7 Å². The molecule has 0 aliphatic carbocycles. The van der Waals surface area contributed by atoms with E-state index < -0.39 is 0 Å². The van der Waals surface area contributed by atoms with Gasteiger partial charge < -0.3 is 4.74 Å². The molecule has 72 valence electrons. The first-order valence-corrected chi connectivity index (χ1v) is 6.45. The number of ether oxygens (including phenoxy) is 1. The molecule has 0 heterocycles. The normalized spacial score (nSPS) is 14.8. The fourth-order valence-corrected chi connectivity index (χ4v) is 1.33. The summed E-state index contributed by atoms with van der Waals surface area (Å²) in [5.74, 6) is 0. The van der Waals surface area contributed by atoms with Crippen molar-refractivity contribution in [2.24, 2.45) is 0 Å². The van der Waals surface area contributed by atoms with E-state index in [2.05, 4.69) is 42.1 Å². The minimum atomic E-state index is 0.247. The van der Waals surface area contributed by atoms with Crippen LogP contribution in [0.2, 0.25) is 0 Å². The Morgan fingerprint density at radius 1 is 1.67 bits per heavy atom. The summed E-state index contributed by atoms with van der Waals surface area (Å²) in [4.78, 5) is 1.32. The highest BCUT2D eigenvalue weighted by Gasteiger charge is 1.97. The second kappa shape index (κ2) is 8.14. The second-order valence-corrected chi connectivity index (χ2v) is 4.45. The lowest BCUT2D eigenvalue weighted by Crippen LogP contribution is -2.06. The minimum Gasteiger partial charge on any atom is -0.374 e. The Bertz CT molecular complexity index is 136. The number of alkyl halides is 1. The zero-order valence-electron chi connectivity index (χ0n) is 7.97. The summed E-state index contributed by atoms with van der Waals surface area (Å²) in [7, 11) is 0. The van der Waals surface area contributed by atoms with Gasteiger partial charge in [-0.1, -0.05) is 15.9 Å². The predicted octanol–water partition coefficient (Wildman–Crippen LogP) is 3.44. The van der Waals surface area contributed by atoms with Crippen molar-refractivity contribution < 1.29 is 4.74 Å². The number of rotatable bonds is 6. The van der Waals surface area contributed by atoms with E-state index in [4.69, 9.17) is 4.74 Å². The summed E-state index contributed by atoms with van der Waals surface area (Å²) in [5.41, 5.74) is 0. The van der Waals surface area contributed by atoms with Crippen LogP contribution in [-0.4, -0.2) is 24.3 Å². The first-order valence-electron chi connectivity index (χ1n) is 4.10. The molecule has 0 aromatic heterocycles. The summed E-state index contributed by atoms with van der Waals surface area (Å²) < 4.78 is 5.54. The van der Waals surface area contributed by atoms with Gasteiger partial charge in [0.05, 0.1) is 6.10 Å². The quantitative estimate of drug-likeness (QED) is 0.529. The molecule has 3 heteroatoms. The average Bonchev–Trinajstić information content (AvgIpc) is 2.05. The van der Waals surface area contributed by atoms with Crippen molar-refractivity contribution in [2.45, 2.75) is 26.4 Å². The van der Waals surface area contributed by atoms with Crippen LogP contribution in [0.4, 0.5) is 0 Å². The first-order chi connectivity index (χ1) is 5.70. The Morgan fingerprint density at radius 2 is 2.33 bits per heavy atom. The molecule has 0 saturated carbocycles. The van der Waals surface area contributed by atoms with Gasteiger partial charge in [0.2, 0.25) is 0 Å². The molecule has 12 heavy (non-hydrogen) atoms. The molecule has 1 nitrogen and oxygen atoms in total. The number of allylic oxidation sites excluding steroid dienone is 1. The molecule has 1 atom stereocenters. The maximum absolute atomic E-state index is 5.54. The highest BCUT2D eigenvalue weighted by atomic mass is 79.9. The van der Waals surface area contributed by atoms with Crippen LogP contribution in [0.5, 0.6) is 0 Å². The van der Waals surface area contributed by atoms with Crippen LogP contribution in [-0.2, 0) is 4.74 Å². The lowest BCUT2D eigenvalue weighted by molar-refractivity contribution is 0.0986. The van der Waals surface area contributed by atoms with E-state index in [1.165, 1.54) is 4.91 Å². The highest BCUT2D eigenvalue weighted by Crippen LogP contribution is 2.11. The van der Waals surface area contributed by atoms with Crippen LogP contribution in [0.15, 0.2) is 11.0 Å². The molecule has 0 aliphatic rings. The molecule has 0 spiro atoms. The molecule has 0 bridgehead atoms. The van der Waals surface area contributed by atoms with Crippen molar-refractivity contribution in [1.29, 1.82) is 0 Å². The predicted molar refractivity (Wildman–Crippen MR) is 61.1 cm³/mol. The summed E-state index contributed by atoms with van der Waals surface area (Å²) >= 11 is 5.13. The van der Waals surface area contributed by atoms with E-state index >= 15 is 0 Å². The Labute approximate surface area is 88.1 Å².